The van der Waals surface area contributed by atoms with Crippen LogP contribution in [0.4, 0.5) is 0 Å². The molecule has 0 saturated carbocycles. The Bertz CT molecular complexity index is 852. The summed E-state index contributed by atoms with van der Waals surface area (Å²) in [5.74, 6) is -0.869. The zero-order valence-electron chi connectivity index (χ0n) is 13.3. The third-order valence-electron chi connectivity index (χ3n) is 3.29. The molecule has 0 atom stereocenters. The van der Waals surface area contributed by atoms with E-state index in [1.165, 1.54) is 22.3 Å². The normalized spacial score (nSPS) is 11.0. The Hall–Kier alpha value is -2.51. The van der Waals surface area contributed by atoms with Crippen molar-refractivity contribution in [2.45, 2.75) is 6.42 Å². The molecule has 1 amide bonds. The van der Waals surface area contributed by atoms with Crippen LogP contribution in [0.25, 0.3) is 16.3 Å². The maximum absolute atomic E-state index is 11.7. The van der Waals surface area contributed by atoms with E-state index in [0.717, 1.165) is 21.6 Å². The zero-order valence-corrected chi connectivity index (χ0v) is 14.9. The predicted octanol–water partition coefficient (Wildman–Crippen LogP) is 3.27. The molecule has 2 aromatic heterocycles. The van der Waals surface area contributed by atoms with E-state index in [2.05, 4.69) is 10.3 Å². The van der Waals surface area contributed by atoms with Crippen LogP contribution in [0, 0.1) is 0 Å². The number of benzene rings is 1. The summed E-state index contributed by atoms with van der Waals surface area (Å²) in [6, 6.07) is 11.7. The molecule has 0 radical (unpaired) electrons. The highest BCUT2D eigenvalue weighted by atomic mass is 32.1. The Balaban J connectivity index is 1.40. The van der Waals surface area contributed by atoms with E-state index in [4.69, 9.17) is 4.74 Å². The predicted molar refractivity (Wildman–Crippen MR) is 101 cm³/mol. The number of amides is 1. The number of thiophene rings is 1. The molecule has 3 rings (SSSR count). The SMILES string of the molecule is O=C(COC(=O)/C=C/c1nc2ccccc2s1)NCCc1cccs1. The van der Waals surface area contributed by atoms with Gasteiger partial charge in [0, 0.05) is 17.5 Å². The Morgan fingerprint density at radius 2 is 2.08 bits per heavy atom. The number of nitrogens with zero attached hydrogens (tertiary/aromatic N) is 1. The van der Waals surface area contributed by atoms with E-state index < -0.39 is 5.97 Å². The molecule has 0 spiro atoms. The molecular formula is C18H16N2O3S2. The summed E-state index contributed by atoms with van der Waals surface area (Å²) in [7, 11) is 0. The largest absolute Gasteiger partial charge is 0.452 e. The van der Waals surface area contributed by atoms with Crippen LogP contribution < -0.4 is 5.32 Å². The summed E-state index contributed by atoms with van der Waals surface area (Å²) in [5, 5.41) is 5.44. The number of thiazole rings is 1. The van der Waals surface area contributed by atoms with Gasteiger partial charge in [-0.2, -0.15) is 0 Å². The van der Waals surface area contributed by atoms with Gasteiger partial charge in [0.1, 0.15) is 5.01 Å². The second-order valence-electron chi connectivity index (χ2n) is 5.14. The van der Waals surface area contributed by atoms with Crippen molar-refractivity contribution in [3.8, 4) is 0 Å². The number of carbonyl (C=O) groups excluding carboxylic acids is 2. The van der Waals surface area contributed by atoms with Gasteiger partial charge in [-0.1, -0.05) is 18.2 Å². The minimum Gasteiger partial charge on any atom is -0.452 e. The van der Waals surface area contributed by atoms with Crippen molar-refractivity contribution in [1.82, 2.24) is 10.3 Å². The van der Waals surface area contributed by atoms with Crippen LogP contribution in [0.5, 0.6) is 0 Å². The molecule has 128 valence electrons. The lowest BCUT2D eigenvalue weighted by atomic mass is 10.3. The Morgan fingerprint density at radius 1 is 1.20 bits per heavy atom. The summed E-state index contributed by atoms with van der Waals surface area (Å²) < 4.78 is 5.99. The molecule has 5 nitrogen and oxygen atoms in total. The van der Waals surface area contributed by atoms with Crippen molar-refractivity contribution in [3.63, 3.8) is 0 Å². The molecule has 0 saturated heterocycles. The molecule has 0 aliphatic heterocycles. The standard InChI is InChI=1S/C18H16N2O3S2/c21-16(19-10-9-13-4-3-11-24-13)12-23-18(22)8-7-17-20-14-5-1-2-6-15(14)25-17/h1-8,11H,9-10,12H2,(H,19,21)/b8-7+. The van der Waals surface area contributed by atoms with Gasteiger partial charge in [0.05, 0.1) is 10.2 Å². The number of aromatic nitrogens is 1. The molecule has 7 heteroatoms. The van der Waals surface area contributed by atoms with Crippen LogP contribution in [-0.4, -0.2) is 30.0 Å². The third-order valence-corrected chi connectivity index (χ3v) is 5.23. The van der Waals surface area contributed by atoms with E-state index in [0.29, 0.717) is 6.54 Å². The molecule has 0 aliphatic rings. The minimum absolute atomic E-state index is 0.284. The highest BCUT2D eigenvalue weighted by molar-refractivity contribution is 7.19. The molecular weight excluding hydrogens is 356 g/mol. The second kappa shape index (κ2) is 8.55. The van der Waals surface area contributed by atoms with E-state index in [9.17, 15) is 9.59 Å². The molecule has 3 aromatic rings. The van der Waals surface area contributed by atoms with E-state index >= 15 is 0 Å². The first-order valence-electron chi connectivity index (χ1n) is 7.70. The van der Waals surface area contributed by atoms with Crippen LogP contribution in [-0.2, 0) is 20.7 Å². The van der Waals surface area contributed by atoms with Gasteiger partial charge in [0.25, 0.3) is 5.91 Å². The van der Waals surface area contributed by atoms with Crippen molar-refractivity contribution in [2.24, 2.45) is 0 Å². The second-order valence-corrected chi connectivity index (χ2v) is 7.23. The molecule has 0 unspecified atom stereocenters. The van der Waals surface area contributed by atoms with Gasteiger partial charge < -0.3 is 10.1 Å². The highest BCUT2D eigenvalue weighted by Crippen LogP contribution is 2.22. The lowest BCUT2D eigenvalue weighted by Gasteiger charge is -2.04. The number of para-hydroxylation sites is 1. The molecule has 1 aromatic carbocycles. The summed E-state index contributed by atoms with van der Waals surface area (Å²) >= 11 is 3.14. The molecule has 2 heterocycles. The number of ether oxygens (including phenoxy) is 1. The average molecular weight is 372 g/mol. The fraction of sp³-hybridized carbons (Fsp3) is 0.167. The number of nitrogens with one attached hydrogen (secondary N) is 1. The number of carbonyl (C=O) groups is 2. The van der Waals surface area contributed by atoms with E-state index in [-0.39, 0.29) is 12.5 Å². The van der Waals surface area contributed by atoms with Crippen molar-refractivity contribution in [2.75, 3.05) is 13.2 Å². The minimum atomic E-state index is -0.562. The van der Waals surface area contributed by atoms with Gasteiger partial charge in [-0.05, 0) is 36.1 Å². The zero-order chi connectivity index (χ0) is 17.5. The van der Waals surface area contributed by atoms with Crippen molar-refractivity contribution in [1.29, 1.82) is 0 Å². The molecule has 1 N–H and O–H groups in total. The summed E-state index contributed by atoms with van der Waals surface area (Å²) in [6.07, 6.45) is 3.66. The maximum atomic E-state index is 11.7. The summed E-state index contributed by atoms with van der Waals surface area (Å²) in [5.41, 5.74) is 0.894. The van der Waals surface area contributed by atoms with Gasteiger partial charge >= 0.3 is 5.97 Å². The van der Waals surface area contributed by atoms with Gasteiger partial charge in [0.15, 0.2) is 6.61 Å². The van der Waals surface area contributed by atoms with Crippen LogP contribution in [0.1, 0.15) is 9.88 Å². The maximum Gasteiger partial charge on any atom is 0.331 e. The van der Waals surface area contributed by atoms with Crippen LogP contribution >= 0.6 is 22.7 Å². The topological polar surface area (TPSA) is 68.3 Å². The van der Waals surface area contributed by atoms with Gasteiger partial charge in [-0.25, -0.2) is 9.78 Å². The van der Waals surface area contributed by atoms with E-state index in [1.54, 1.807) is 17.4 Å². The van der Waals surface area contributed by atoms with Gasteiger partial charge in [0.2, 0.25) is 0 Å². The van der Waals surface area contributed by atoms with Crippen molar-refractivity contribution < 1.29 is 14.3 Å². The molecule has 25 heavy (non-hydrogen) atoms. The quantitative estimate of drug-likeness (QED) is 0.510. The van der Waals surface area contributed by atoms with Crippen molar-refractivity contribution >= 4 is 50.8 Å². The van der Waals surface area contributed by atoms with Gasteiger partial charge in [-0.15, -0.1) is 22.7 Å². The first-order chi connectivity index (χ1) is 12.2. The number of esters is 1. The number of hydrogen-bond donors (Lipinski definition) is 1. The lowest BCUT2D eigenvalue weighted by Crippen LogP contribution is -2.30. The summed E-state index contributed by atoms with van der Waals surface area (Å²) in [4.78, 5) is 28.9. The number of hydrogen-bond acceptors (Lipinski definition) is 6. The Morgan fingerprint density at radius 3 is 2.88 bits per heavy atom. The number of rotatable bonds is 7. The fourth-order valence-corrected chi connectivity index (χ4v) is 3.70. The first kappa shape index (κ1) is 17.3. The molecule has 0 fully saturated rings. The van der Waals surface area contributed by atoms with Crippen LogP contribution in [0.3, 0.4) is 0 Å². The summed E-state index contributed by atoms with van der Waals surface area (Å²) in [6.45, 7) is 0.242. The average Bonchev–Trinajstić information content (AvgIpc) is 3.27. The van der Waals surface area contributed by atoms with E-state index in [1.807, 2.05) is 41.8 Å². The highest BCUT2D eigenvalue weighted by Gasteiger charge is 2.06. The molecule has 0 aliphatic carbocycles. The van der Waals surface area contributed by atoms with Gasteiger partial charge in [-0.3, -0.25) is 4.79 Å². The fourth-order valence-electron chi connectivity index (χ4n) is 2.12. The number of fused-ring (bicyclic) bond motifs is 1. The smallest absolute Gasteiger partial charge is 0.331 e. The molecule has 0 bridgehead atoms. The third kappa shape index (κ3) is 5.23. The van der Waals surface area contributed by atoms with Crippen molar-refractivity contribution in [3.05, 3.63) is 57.7 Å². The van der Waals surface area contributed by atoms with Crippen LogP contribution in [0.2, 0.25) is 0 Å². The Labute approximate surface area is 153 Å². The first-order valence-corrected chi connectivity index (χ1v) is 9.40. The lowest BCUT2D eigenvalue weighted by molar-refractivity contribution is -0.143. The van der Waals surface area contributed by atoms with Crippen LogP contribution in [0.15, 0.2) is 47.9 Å². The Kier molecular flexibility index (Phi) is 5.92. The monoisotopic (exact) mass is 372 g/mol.